The fraction of sp³-hybridized carbons (Fsp3) is 0.923. The monoisotopic (exact) mass is 223 g/mol. The average Bonchev–Trinajstić information content (AvgIpc) is 2.96. The molecule has 3 heteroatoms. The van der Waals surface area contributed by atoms with Crippen LogP contribution in [0.2, 0.25) is 0 Å². The molecule has 1 amide bonds. The molecule has 0 aromatic carbocycles. The second kappa shape index (κ2) is 4.02. The third-order valence-corrected chi connectivity index (χ3v) is 4.56. The van der Waals surface area contributed by atoms with Gasteiger partial charge in [0.2, 0.25) is 5.91 Å². The lowest BCUT2D eigenvalue weighted by molar-refractivity contribution is -0.124. The molecule has 3 rings (SSSR count). The summed E-state index contributed by atoms with van der Waals surface area (Å²) in [6.45, 7) is 0.862. The molecule has 0 aromatic heterocycles. The minimum Gasteiger partial charge on any atom is -0.372 e. The van der Waals surface area contributed by atoms with Gasteiger partial charge in [-0.15, -0.1) is 0 Å². The van der Waals surface area contributed by atoms with Gasteiger partial charge in [0.15, 0.2) is 0 Å². The Labute approximate surface area is 96.9 Å². The molecule has 1 aliphatic carbocycles. The molecule has 16 heavy (non-hydrogen) atoms. The van der Waals surface area contributed by atoms with Gasteiger partial charge in [0.05, 0.1) is 11.7 Å². The van der Waals surface area contributed by atoms with Crippen LogP contribution in [0.15, 0.2) is 0 Å². The summed E-state index contributed by atoms with van der Waals surface area (Å²) in [5.74, 6) is 0.470. The van der Waals surface area contributed by atoms with Crippen molar-refractivity contribution in [2.24, 2.45) is 5.92 Å². The molecular weight excluding hydrogens is 202 g/mol. The molecule has 90 valence electrons. The van der Waals surface area contributed by atoms with E-state index >= 15 is 0 Å². The van der Waals surface area contributed by atoms with Gasteiger partial charge in [-0.05, 0) is 38.5 Å². The molecule has 3 fully saturated rings. The summed E-state index contributed by atoms with van der Waals surface area (Å²) in [4.78, 5) is 11.5. The van der Waals surface area contributed by atoms with E-state index < -0.39 is 0 Å². The van der Waals surface area contributed by atoms with Gasteiger partial charge in [-0.2, -0.15) is 0 Å². The number of nitrogens with one attached hydrogen (secondary N) is 1. The Morgan fingerprint density at radius 1 is 1.25 bits per heavy atom. The van der Waals surface area contributed by atoms with E-state index in [4.69, 9.17) is 4.74 Å². The smallest absolute Gasteiger partial charge is 0.223 e. The first-order valence-electron chi connectivity index (χ1n) is 6.73. The molecule has 0 bridgehead atoms. The molecule has 1 saturated carbocycles. The second-order valence-corrected chi connectivity index (χ2v) is 5.68. The van der Waals surface area contributed by atoms with E-state index in [-0.39, 0.29) is 17.4 Å². The lowest BCUT2D eigenvalue weighted by Gasteiger charge is -2.24. The van der Waals surface area contributed by atoms with Gasteiger partial charge in [0.1, 0.15) is 0 Å². The molecule has 2 unspecified atom stereocenters. The zero-order valence-corrected chi connectivity index (χ0v) is 9.84. The number of ether oxygens (including phenoxy) is 1. The Morgan fingerprint density at radius 2 is 2.06 bits per heavy atom. The van der Waals surface area contributed by atoms with Crippen molar-refractivity contribution in [1.82, 2.24) is 5.32 Å². The van der Waals surface area contributed by atoms with Gasteiger partial charge in [-0.25, -0.2) is 0 Å². The van der Waals surface area contributed by atoms with E-state index in [9.17, 15) is 4.79 Å². The second-order valence-electron chi connectivity index (χ2n) is 5.68. The first-order chi connectivity index (χ1) is 7.77. The van der Waals surface area contributed by atoms with Crippen LogP contribution in [0.4, 0.5) is 0 Å². The summed E-state index contributed by atoms with van der Waals surface area (Å²) < 4.78 is 6.24. The average molecular weight is 223 g/mol. The normalized spacial score (nSPS) is 37.1. The summed E-state index contributed by atoms with van der Waals surface area (Å²) in [5, 5.41) is 2.91. The maximum Gasteiger partial charge on any atom is 0.223 e. The van der Waals surface area contributed by atoms with Crippen molar-refractivity contribution in [1.29, 1.82) is 0 Å². The highest BCUT2D eigenvalue weighted by atomic mass is 16.5. The van der Waals surface area contributed by atoms with Crippen LogP contribution in [0, 0.1) is 5.92 Å². The highest BCUT2D eigenvalue weighted by Crippen LogP contribution is 2.44. The molecule has 1 N–H and O–H groups in total. The lowest BCUT2D eigenvalue weighted by Crippen LogP contribution is -2.27. The van der Waals surface area contributed by atoms with Crippen molar-refractivity contribution < 1.29 is 9.53 Å². The van der Waals surface area contributed by atoms with Crippen molar-refractivity contribution in [2.45, 2.75) is 63.1 Å². The van der Waals surface area contributed by atoms with Crippen LogP contribution < -0.4 is 5.32 Å². The highest BCUT2D eigenvalue weighted by molar-refractivity contribution is 5.80. The molecule has 3 aliphatic rings. The van der Waals surface area contributed by atoms with Gasteiger partial charge in [0.25, 0.3) is 0 Å². The topological polar surface area (TPSA) is 38.3 Å². The summed E-state index contributed by atoms with van der Waals surface area (Å²) in [5.41, 5.74) is 0.222. The number of rotatable bonds is 2. The summed E-state index contributed by atoms with van der Waals surface area (Å²) in [6, 6.07) is 0. The van der Waals surface area contributed by atoms with Crippen molar-refractivity contribution in [2.75, 3.05) is 6.54 Å². The van der Waals surface area contributed by atoms with Gasteiger partial charge < -0.3 is 10.1 Å². The maximum atomic E-state index is 11.5. The molecule has 3 nitrogen and oxygen atoms in total. The summed E-state index contributed by atoms with van der Waals surface area (Å²) >= 11 is 0. The van der Waals surface area contributed by atoms with Gasteiger partial charge >= 0.3 is 0 Å². The van der Waals surface area contributed by atoms with Crippen LogP contribution in [0.1, 0.15) is 51.4 Å². The van der Waals surface area contributed by atoms with Crippen molar-refractivity contribution in [3.05, 3.63) is 0 Å². The van der Waals surface area contributed by atoms with Crippen LogP contribution in [0.5, 0.6) is 0 Å². The van der Waals surface area contributed by atoms with Crippen LogP contribution in [-0.4, -0.2) is 24.2 Å². The standard InChI is InChI=1S/C13H21NO2/c15-12-10(4-8-14-12)9-11-3-7-13(16-11)5-1-2-6-13/h10-11H,1-9H2,(H,14,15). The van der Waals surface area contributed by atoms with Crippen molar-refractivity contribution in [3.63, 3.8) is 0 Å². The Hall–Kier alpha value is -0.570. The Balaban J connectivity index is 1.55. The zero-order valence-electron chi connectivity index (χ0n) is 9.84. The molecule has 1 spiro atoms. The zero-order chi connectivity index (χ0) is 11.0. The van der Waals surface area contributed by atoms with Gasteiger partial charge in [-0.3, -0.25) is 4.79 Å². The molecule has 2 atom stereocenters. The first kappa shape index (κ1) is 10.6. The van der Waals surface area contributed by atoms with E-state index in [1.54, 1.807) is 0 Å². The number of carbonyl (C=O) groups excluding carboxylic acids is 1. The molecule has 2 saturated heterocycles. The van der Waals surface area contributed by atoms with E-state index in [1.165, 1.54) is 38.5 Å². The Morgan fingerprint density at radius 3 is 2.75 bits per heavy atom. The van der Waals surface area contributed by atoms with E-state index in [2.05, 4.69) is 5.32 Å². The first-order valence-corrected chi connectivity index (χ1v) is 6.73. The minimum atomic E-state index is 0.222. The summed E-state index contributed by atoms with van der Waals surface area (Å²) in [7, 11) is 0. The molecular formula is C13H21NO2. The van der Waals surface area contributed by atoms with E-state index in [0.29, 0.717) is 6.10 Å². The fourth-order valence-electron chi connectivity index (χ4n) is 3.64. The quantitative estimate of drug-likeness (QED) is 0.777. The van der Waals surface area contributed by atoms with Gasteiger partial charge in [0, 0.05) is 12.5 Å². The largest absolute Gasteiger partial charge is 0.372 e. The van der Waals surface area contributed by atoms with E-state index in [0.717, 1.165) is 19.4 Å². The minimum absolute atomic E-state index is 0.222. The maximum absolute atomic E-state index is 11.5. The predicted octanol–water partition coefficient (Wildman–Crippen LogP) is 2.00. The highest BCUT2D eigenvalue weighted by Gasteiger charge is 2.43. The number of carbonyl (C=O) groups is 1. The molecule has 0 radical (unpaired) electrons. The number of hydrogen-bond donors (Lipinski definition) is 1. The third kappa shape index (κ3) is 1.86. The van der Waals surface area contributed by atoms with Crippen molar-refractivity contribution in [3.8, 4) is 0 Å². The molecule has 2 aliphatic heterocycles. The van der Waals surface area contributed by atoms with Gasteiger partial charge in [-0.1, -0.05) is 12.8 Å². The summed E-state index contributed by atoms with van der Waals surface area (Å²) in [6.07, 6.45) is 9.87. The number of amides is 1. The predicted molar refractivity (Wildman–Crippen MR) is 61.0 cm³/mol. The van der Waals surface area contributed by atoms with Crippen LogP contribution in [-0.2, 0) is 9.53 Å². The third-order valence-electron chi connectivity index (χ3n) is 4.56. The SMILES string of the molecule is O=C1NCCC1CC1CCC2(CCCC2)O1. The van der Waals surface area contributed by atoms with Crippen LogP contribution in [0.25, 0.3) is 0 Å². The Kier molecular flexibility index (Phi) is 2.66. The van der Waals surface area contributed by atoms with Crippen LogP contribution in [0.3, 0.4) is 0 Å². The van der Waals surface area contributed by atoms with Crippen molar-refractivity contribution >= 4 is 5.91 Å². The fourth-order valence-corrected chi connectivity index (χ4v) is 3.64. The molecule has 2 heterocycles. The number of hydrogen-bond acceptors (Lipinski definition) is 2. The Bertz CT molecular complexity index is 284. The van der Waals surface area contributed by atoms with E-state index in [1.807, 2.05) is 0 Å². The molecule has 0 aromatic rings. The lowest BCUT2D eigenvalue weighted by atomic mass is 9.95. The van der Waals surface area contributed by atoms with Crippen LogP contribution >= 0.6 is 0 Å².